The molecule has 0 bridgehead atoms. The first-order valence-electron chi connectivity index (χ1n) is 7.17. The molecular formula is C18H10BrCl2N3. The summed E-state index contributed by atoms with van der Waals surface area (Å²) in [4.78, 5) is 9.06. The van der Waals surface area contributed by atoms with E-state index in [-0.39, 0.29) is 0 Å². The number of fused-ring (bicyclic) bond motifs is 1. The van der Waals surface area contributed by atoms with Gasteiger partial charge < -0.3 is 0 Å². The molecule has 0 N–H and O–H groups in total. The minimum Gasteiger partial charge on any atom is -0.277 e. The van der Waals surface area contributed by atoms with Crippen LogP contribution in [0, 0.1) is 0 Å². The maximum Gasteiger partial charge on any atom is 0.235 e. The summed E-state index contributed by atoms with van der Waals surface area (Å²) in [6, 6.07) is 15.2. The lowest BCUT2D eigenvalue weighted by molar-refractivity contribution is 1.09. The van der Waals surface area contributed by atoms with Gasteiger partial charge in [0, 0.05) is 33.6 Å². The molecular weight excluding hydrogens is 409 g/mol. The van der Waals surface area contributed by atoms with Crippen molar-refractivity contribution in [1.29, 1.82) is 0 Å². The van der Waals surface area contributed by atoms with Gasteiger partial charge >= 0.3 is 0 Å². The van der Waals surface area contributed by atoms with Crippen molar-refractivity contribution in [2.24, 2.45) is 0 Å². The Morgan fingerprint density at radius 1 is 0.875 bits per heavy atom. The van der Waals surface area contributed by atoms with Crippen molar-refractivity contribution < 1.29 is 0 Å². The van der Waals surface area contributed by atoms with Crippen LogP contribution in [0.15, 0.2) is 65.5 Å². The topological polar surface area (TPSA) is 30.2 Å². The molecule has 0 aliphatic carbocycles. The van der Waals surface area contributed by atoms with Crippen LogP contribution in [0.4, 0.5) is 0 Å². The third-order valence-corrected chi connectivity index (χ3v) is 4.94. The van der Waals surface area contributed by atoms with Crippen molar-refractivity contribution in [3.63, 3.8) is 0 Å². The van der Waals surface area contributed by atoms with Crippen LogP contribution in [-0.4, -0.2) is 14.4 Å². The summed E-state index contributed by atoms with van der Waals surface area (Å²) >= 11 is 15.7. The first-order chi connectivity index (χ1) is 11.6. The Morgan fingerprint density at radius 2 is 1.67 bits per heavy atom. The Kier molecular flexibility index (Phi) is 4.04. The fourth-order valence-corrected chi connectivity index (χ4v) is 3.41. The Bertz CT molecular complexity index is 1040. The number of halogens is 3. The van der Waals surface area contributed by atoms with E-state index in [0.717, 1.165) is 27.0 Å². The zero-order valence-corrected chi connectivity index (χ0v) is 15.3. The zero-order chi connectivity index (χ0) is 16.7. The van der Waals surface area contributed by atoms with Crippen LogP contribution in [0.2, 0.25) is 10.0 Å². The minimum atomic E-state index is 0.623. The maximum atomic E-state index is 6.08. The molecule has 4 rings (SSSR count). The van der Waals surface area contributed by atoms with Crippen LogP contribution in [0.5, 0.6) is 0 Å². The Labute approximate surface area is 157 Å². The van der Waals surface area contributed by atoms with E-state index >= 15 is 0 Å². The summed E-state index contributed by atoms with van der Waals surface area (Å²) < 4.78 is 2.76. The first kappa shape index (κ1) is 15.6. The highest BCUT2D eigenvalue weighted by molar-refractivity contribution is 9.10. The third-order valence-electron chi connectivity index (χ3n) is 3.70. The molecule has 0 saturated carbocycles. The molecule has 0 unspecified atom stereocenters. The molecule has 0 aliphatic heterocycles. The van der Waals surface area contributed by atoms with Crippen molar-refractivity contribution in [3.8, 4) is 22.4 Å². The standard InChI is InChI=1S/C18H10BrCl2N3/c19-17-16(11-4-6-14(20)7-5-11)23-18-22-9-13(10-24(17)18)12-2-1-3-15(21)8-12/h1-10H. The van der Waals surface area contributed by atoms with Crippen LogP contribution in [0.1, 0.15) is 0 Å². The second-order valence-corrected chi connectivity index (χ2v) is 6.91. The largest absolute Gasteiger partial charge is 0.277 e. The summed E-state index contributed by atoms with van der Waals surface area (Å²) in [5, 5.41) is 1.39. The summed E-state index contributed by atoms with van der Waals surface area (Å²) in [7, 11) is 0. The quantitative estimate of drug-likeness (QED) is 0.391. The fourth-order valence-electron chi connectivity index (χ4n) is 2.52. The number of hydrogen-bond acceptors (Lipinski definition) is 2. The number of hydrogen-bond donors (Lipinski definition) is 0. The SMILES string of the molecule is Clc1ccc(-c2nc3ncc(-c4cccc(Cl)c4)cn3c2Br)cc1. The van der Waals surface area contributed by atoms with Gasteiger partial charge in [-0.2, -0.15) is 0 Å². The molecule has 118 valence electrons. The normalized spacial score (nSPS) is 11.1. The van der Waals surface area contributed by atoms with Gasteiger partial charge in [0.2, 0.25) is 5.78 Å². The molecule has 3 nitrogen and oxygen atoms in total. The lowest BCUT2D eigenvalue weighted by atomic mass is 10.1. The second kappa shape index (κ2) is 6.20. The highest BCUT2D eigenvalue weighted by atomic mass is 79.9. The summed E-state index contributed by atoms with van der Waals surface area (Å²) in [5.41, 5.74) is 3.76. The molecule has 0 fully saturated rings. The Balaban J connectivity index is 1.86. The molecule has 2 aromatic heterocycles. The van der Waals surface area contributed by atoms with Crippen molar-refractivity contribution >= 4 is 44.9 Å². The van der Waals surface area contributed by atoms with Gasteiger partial charge in [0.25, 0.3) is 0 Å². The summed E-state index contributed by atoms with van der Waals surface area (Å²) in [6.07, 6.45) is 3.79. The molecule has 2 aromatic carbocycles. The number of imidazole rings is 1. The summed E-state index contributed by atoms with van der Waals surface area (Å²) in [6.45, 7) is 0. The Morgan fingerprint density at radius 3 is 2.42 bits per heavy atom. The van der Waals surface area contributed by atoms with Gasteiger partial charge in [-0.05, 0) is 45.8 Å². The maximum absolute atomic E-state index is 6.08. The molecule has 0 atom stereocenters. The van der Waals surface area contributed by atoms with E-state index in [2.05, 4.69) is 25.9 Å². The van der Waals surface area contributed by atoms with Crippen molar-refractivity contribution in [2.45, 2.75) is 0 Å². The van der Waals surface area contributed by atoms with E-state index in [1.54, 1.807) is 6.20 Å². The van der Waals surface area contributed by atoms with Gasteiger partial charge in [-0.15, -0.1) is 0 Å². The molecule has 0 aliphatic rings. The predicted molar refractivity (Wildman–Crippen MR) is 102 cm³/mol. The number of benzene rings is 2. The lowest BCUT2D eigenvalue weighted by Gasteiger charge is -2.03. The van der Waals surface area contributed by atoms with Crippen molar-refractivity contribution in [1.82, 2.24) is 14.4 Å². The molecule has 0 spiro atoms. The third kappa shape index (κ3) is 2.81. The number of rotatable bonds is 2. The van der Waals surface area contributed by atoms with Gasteiger partial charge in [0.1, 0.15) is 10.3 Å². The molecule has 2 heterocycles. The molecule has 0 radical (unpaired) electrons. The molecule has 4 aromatic rings. The van der Waals surface area contributed by atoms with E-state index in [1.165, 1.54) is 0 Å². The van der Waals surface area contributed by atoms with Crippen LogP contribution in [-0.2, 0) is 0 Å². The van der Waals surface area contributed by atoms with E-state index in [1.807, 2.05) is 59.1 Å². The minimum absolute atomic E-state index is 0.623. The van der Waals surface area contributed by atoms with Crippen LogP contribution < -0.4 is 0 Å². The number of aromatic nitrogens is 3. The average molecular weight is 419 g/mol. The average Bonchev–Trinajstić information content (AvgIpc) is 2.92. The van der Waals surface area contributed by atoms with E-state index in [9.17, 15) is 0 Å². The van der Waals surface area contributed by atoms with Gasteiger partial charge in [0.05, 0.1) is 0 Å². The number of nitrogens with zero attached hydrogens (tertiary/aromatic N) is 3. The smallest absolute Gasteiger partial charge is 0.235 e. The van der Waals surface area contributed by atoms with Crippen LogP contribution >= 0.6 is 39.1 Å². The molecule has 0 saturated heterocycles. The molecule has 24 heavy (non-hydrogen) atoms. The summed E-state index contributed by atoms with van der Waals surface area (Å²) in [5.74, 6) is 0.623. The van der Waals surface area contributed by atoms with E-state index in [4.69, 9.17) is 23.2 Å². The zero-order valence-electron chi connectivity index (χ0n) is 12.2. The monoisotopic (exact) mass is 417 g/mol. The predicted octanol–water partition coefficient (Wildman–Crippen LogP) is 6.13. The highest BCUT2D eigenvalue weighted by Crippen LogP contribution is 2.30. The van der Waals surface area contributed by atoms with Crippen LogP contribution in [0.3, 0.4) is 0 Å². The van der Waals surface area contributed by atoms with Crippen molar-refractivity contribution in [2.75, 3.05) is 0 Å². The van der Waals surface area contributed by atoms with E-state index in [0.29, 0.717) is 15.8 Å². The highest BCUT2D eigenvalue weighted by Gasteiger charge is 2.13. The van der Waals surface area contributed by atoms with Crippen LogP contribution in [0.25, 0.3) is 28.2 Å². The first-order valence-corrected chi connectivity index (χ1v) is 8.72. The lowest BCUT2D eigenvalue weighted by Crippen LogP contribution is -1.90. The molecule has 0 amide bonds. The van der Waals surface area contributed by atoms with Gasteiger partial charge in [-0.25, -0.2) is 9.97 Å². The van der Waals surface area contributed by atoms with Gasteiger partial charge in [-0.3, -0.25) is 4.40 Å². The van der Waals surface area contributed by atoms with Crippen molar-refractivity contribution in [3.05, 3.63) is 75.6 Å². The molecule has 6 heteroatoms. The second-order valence-electron chi connectivity index (χ2n) is 5.28. The van der Waals surface area contributed by atoms with Gasteiger partial charge in [0.15, 0.2) is 0 Å². The Hall–Kier alpha value is -1.88. The van der Waals surface area contributed by atoms with Gasteiger partial charge in [-0.1, -0.05) is 47.5 Å². The fraction of sp³-hybridized carbons (Fsp3) is 0. The van der Waals surface area contributed by atoms with E-state index < -0.39 is 0 Å².